The number of primary amides is 1. The molecular weight excluding hydrogens is 212 g/mol. The van der Waals surface area contributed by atoms with Gasteiger partial charge >= 0.3 is 5.69 Å². The fraction of sp³-hybridized carbons (Fsp3) is 0.300. The normalized spacial score (nSPS) is 14.5. The third-order valence-electron chi connectivity index (χ3n) is 2.26. The van der Waals surface area contributed by atoms with Gasteiger partial charge in [-0.1, -0.05) is 0 Å². The molecule has 0 saturated heterocycles. The molecule has 0 spiro atoms. The van der Waals surface area contributed by atoms with E-state index in [1.54, 1.807) is 0 Å². The van der Waals surface area contributed by atoms with Gasteiger partial charge in [0, 0.05) is 11.6 Å². The summed E-state index contributed by atoms with van der Waals surface area (Å²) < 4.78 is 5.36. The van der Waals surface area contributed by atoms with Crippen molar-refractivity contribution in [3.8, 4) is 5.75 Å². The van der Waals surface area contributed by atoms with E-state index in [1.165, 1.54) is 12.1 Å². The summed E-state index contributed by atoms with van der Waals surface area (Å²) in [6.45, 7) is 0. The lowest BCUT2D eigenvalue weighted by Gasteiger charge is -2.05. The molecule has 2 rings (SSSR count). The summed E-state index contributed by atoms with van der Waals surface area (Å²) in [5.41, 5.74) is 4.93. The molecule has 0 unspecified atom stereocenters. The summed E-state index contributed by atoms with van der Waals surface area (Å²) in [4.78, 5) is 21.1. The van der Waals surface area contributed by atoms with Crippen LogP contribution in [0.5, 0.6) is 5.75 Å². The summed E-state index contributed by atoms with van der Waals surface area (Å²) in [6, 6.07) is 3.98. The minimum Gasteiger partial charge on any atom is -0.483 e. The molecule has 0 radical (unpaired) electrons. The molecule has 0 aliphatic heterocycles. The fourth-order valence-electron chi connectivity index (χ4n) is 1.28. The maximum Gasteiger partial charge on any atom is 0.311 e. The van der Waals surface area contributed by atoms with Crippen molar-refractivity contribution < 1.29 is 14.5 Å². The zero-order valence-electron chi connectivity index (χ0n) is 8.38. The molecule has 1 aliphatic carbocycles. The molecule has 1 fully saturated rings. The van der Waals surface area contributed by atoms with E-state index in [0.29, 0.717) is 0 Å². The number of hydrogen-bond donors (Lipinski definition) is 1. The molecular formula is C10H10N2O4. The minimum atomic E-state index is -0.693. The first-order valence-electron chi connectivity index (χ1n) is 4.83. The van der Waals surface area contributed by atoms with Crippen LogP contribution in [0.1, 0.15) is 23.2 Å². The van der Waals surface area contributed by atoms with Crippen molar-refractivity contribution in [1.29, 1.82) is 0 Å². The van der Waals surface area contributed by atoms with E-state index in [4.69, 9.17) is 10.5 Å². The molecule has 0 bridgehead atoms. The van der Waals surface area contributed by atoms with Gasteiger partial charge in [0.15, 0.2) is 5.75 Å². The van der Waals surface area contributed by atoms with Gasteiger partial charge in [0.1, 0.15) is 0 Å². The minimum absolute atomic E-state index is 0.0677. The van der Waals surface area contributed by atoms with Crippen molar-refractivity contribution in [2.75, 3.05) is 0 Å². The molecule has 2 N–H and O–H groups in total. The highest BCUT2D eigenvalue weighted by Gasteiger charge is 2.27. The molecule has 1 aromatic carbocycles. The monoisotopic (exact) mass is 222 g/mol. The Bertz CT molecular complexity index is 454. The van der Waals surface area contributed by atoms with E-state index in [9.17, 15) is 14.9 Å². The van der Waals surface area contributed by atoms with E-state index in [1.807, 2.05) is 0 Å². The first-order chi connectivity index (χ1) is 7.58. The molecule has 1 aromatic rings. The highest BCUT2D eigenvalue weighted by Crippen LogP contribution is 2.33. The van der Waals surface area contributed by atoms with Crippen LogP contribution < -0.4 is 10.5 Å². The lowest BCUT2D eigenvalue weighted by atomic mass is 10.2. The number of nitro benzene ring substituents is 1. The van der Waals surface area contributed by atoms with E-state index in [2.05, 4.69) is 0 Å². The number of ether oxygens (including phenoxy) is 1. The Balaban J connectivity index is 2.35. The van der Waals surface area contributed by atoms with Gasteiger partial charge in [-0.3, -0.25) is 14.9 Å². The smallest absolute Gasteiger partial charge is 0.311 e. The third kappa shape index (κ3) is 2.10. The van der Waals surface area contributed by atoms with E-state index in [0.717, 1.165) is 18.9 Å². The van der Waals surface area contributed by atoms with Gasteiger partial charge in [-0.2, -0.15) is 0 Å². The lowest BCUT2D eigenvalue weighted by molar-refractivity contribution is -0.386. The Morgan fingerprint density at radius 2 is 2.19 bits per heavy atom. The zero-order valence-corrected chi connectivity index (χ0v) is 8.38. The largest absolute Gasteiger partial charge is 0.483 e. The summed E-state index contributed by atoms with van der Waals surface area (Å²) in [7, 11) is 0. The third-order valence-corrected chi connectivity index (χ3v) is 2.26. The summed E-state index contributed by atoms with van der Waals surface area (Å²) in [6.07, 6.45) is 1.89. The molecule has 1 aliphatic rings. The first-order valence-corrected chi connectivity index (χ1v) is 4.83. The van der Waals surface area contributed by atoms with Crippen molar-refractivity contribution in [2.45, 2.75) is 18.9 Å². The summed E-state index contributed by atoms with van der Waals surface area (Å²) >= 11 is 0. The van der Waals surface area contributed by atoms with Crippen LogP contribution in [0.3, 0.4) is 0 Å². The number of nitro groups is 1. The number of nitrogens with zero attached hydrogens (tertiary/aromatic N) is 1. The second-order valence-electron chi connectivity index (χ2n) is 3.62. The van der Waals surface area contributed by atoms with Crippen LogP contribution in [0.4, 0.5) is 5.69 Å². The Hall–Kier alpha value is -2.11. The number of benzene rings is 1. The standard InChI is InChI=1S/C10H10N2O4/c11-10(13)6-1-4-9(16-7-2-3-7)8(5-6)12(14)15/h1,4-5,7H,2-3H2,(H2,11,13). The summed E-state index contributed by atoms with van der Waals surface area (Å²) in [5.74, 6) is -0.501. The molecule has 1 saturated carbocycles. The number of carbonyl (C=O) groups is 1. The number of hydrogen-bond acceptors (Lipinski definition) is 4. The lowest BCUT2D eigenvalue weighted by Crippen LogP contribution is -2.11. The topological polar surface area (TPSA) is 95.5 Å². The molecule has 6 heteroatoms. The molecule has 6 nitrogen and oxygen atoms in total. The van der Waals surface area contributed by atoms with Crippen LogP contribution in [0.15, 0.2) is 18.2 Å². The number of nitrogens with two attached hydrogens (primary N) is 1. The van der Waals surface area contributed by atoms with Crippen LogP contribution in [0.25, 0.3) is 0 Å². The van der Waals surface area contributed by atoms with Crippen LogP contribution in [-0.4, -0.2) is 16.9 Å². The maximum atomic E-state index is 10.9. The van der Waals surface area contributed by atoms with Crippen molar-refractivity contribution in [2.24, 2.45) is 5.73 Å². The van der Waals surface area contributed by atoms with Crippen molar-refractivity contribution in [3.05, 3.63) is 33.9 Å². The number of amides is 1. The predicted octanol–water partition coefficient (Wildman–Crippen LogP) is 1.23. The molecule has 84 valence electrons. The summed E-state index contributed by atoms with van der Waals surface area (Å²) in [5, 5.41) is 10.8. The van der Waals surface area contributed by atoms with Gasteiger partial charge in [0.25, 0.3) is 0 Å². The van der Waals surface area contributed by atoms with Crippen molar-refractivity contribution in [1.82, 2.24) is 0 Å². The average Bonchev–Trinajstić information content (AvgIpc) is 3.01. The average molecular weight is 222 g/mol. The van der Waals surface area contributed by atoms with Crippen LogP contribution >= 0.6 is 0 Å². The molecule has 0 aromatic heterocycles. The number of carbonyl (C=O) groups excluding carboxylic acids is 1. The Morgan fingerprint density at radius 3 is 2.69 bits per heavy atom. The molecule has 0 atom stereocenters. The van der Waals surface area contributed by atoms with Crippen molar-refractivity contribution in [3.63, 3.8) is 0 Å². The maximum absolute atomic E-state index is 10.9. The van der Waals surface area contributed by atoms with E-state index < -0.39 is 10.8 Å². The Morgan fingerprint density at radius 1 is 1.50 bits per heavy atom. The first kappa shape index (κ1) is 10.4. The SMILES string of the molecule is NC(=O)c1ccc(OC2CC2)c([N+](=O)[O-])c1. The highest BCUT2D eigenvalue weighted by molar-refractivity contribution is 5.93. The van der Waals surface area contributed by atoms with Gasteiger partial charge in [-0.05, 0) is 25.0 Å². The van der Waals surface area contributed by atoms with Gasteiger partial charge in [-0.15, -0.1) is 0 Å². The van der Waals surface area contributed by atoms with Crippen molar-refractivity contribution >= 4 is 11.6 Å². The second kappa shape index (κ2) is 3.80. The highest BCUT2D eigenvalue weighted by atomic mass is 16.6. The molecule has 16 heavy (non-hydrogen) atoms. The van der Waals surface area contributed by atoms with E-state index >= 15 is 0 Å². The number of rotatable bonds is 4. The molecule has 1 amide bonds. The zero-order chi connectivity index (χ0) is 11.7. The van der Waals surface area contributed by atoms with E-state index in [-0.39, 0.29) is 23.1 Å². The van der Waals surface area contributed by atoms with Crippen LogP contribution in [0, 0.1) is 10.1 Å². The van der Waals surface area contributed by atoms with Gasteiger partial charge in [0.05, 0.1) is 11.0 Å². The Labute approximate surface area is 91.2 Å². The predicted molar refractivity (Wildman–Crippen MR) is 55.3 cm³/mol. The quantitative estimate of drug-likeness (QED) is 0.612. The molecule has 0 heterocycles. The van der Waals surface area contributed by atoms with Crippen LogP contribution in [0.2, 0.25) is 0 Å². The Kier molecular flexibility index (Phi) is 2.47. The second-order valence-corrected chi connectivity index (χ2v) is 3.62. The van der Waals surface area contributed by atoms with Gasteiger partial charge in [0.2, 0.25) is 5.91 Å². The van der Waals surface area contributed by atoms with Crippen LogP contribution in [-0.2, 0) is 0 Å². The van der Waals surface area contributed by atoms with Gasteiger partial charge < -0.3 is 10.5 Å². The fourth-order valence-corrected chi connectivity index (χ4v) is 1.28. The van der Waals surface area contributed by atoms with Gasteiger partial charge in [-0.25, -0.2) is 0 Å².